The number of carbonyl (C=O) groups is 2. The third-order valence-corrected chi connectivity index (χ3v) is 4.45. The average Bonchev–Trinajstić information content (AvgIpc) is 2.96. The van der Waals surface area contributed by atoms with Crippen molar-refractivity contribution in [1.82, 2.24) is 9.88 Å². The summed E-state index contributed by atoms with van der Waals surface area (Å²) in [6.07, 6.45) is 0.507. The Kier molecular flexibility index (Phi) is 7.01. The molecule has 1 fully saturated rings. The van der Waals surface area contributed by atoms with Crippen molar-refractivity contribution in [3.05, 3.63) is 40.0 Å². The maximum absolute atomic E-state index is 12.8. The van der Waals surface area contributed by atoms with Crippen molar-refractivity contribution < 1.29 is 14.7 Å². The summed E-state index contributed by atoms with van der Waals surface area (Å²) in [5, 5.41) is 9.86. The topological polar surface area (TPSA) is 70.5 Å². The molecular weight excluding hydrogens is 419 g/mol. The van der Waals surface area contributed by atoms with E-state index in [1.807, 2.05) is 25.1 Å². The molecule has 0 aliphatic carbocycles. The third-order valence-electron chi connectivity index (χ3n) is 3.95. The number of hydrogen-bond acceptors (Lipinski definition) is 3. The lowest BCUT2D eigenvalue weighted by atomic mass is 10.1. The summed E-state index contributed by atoms with van der Waals surface area (Å²) in [4.78, 5) is 29.9. The van der Waals surface area contributed by atoms with Crippen LogP contribution in [-0.2, 0) is 4.79 Å². The molecule has 3 rings (SSSR count). The van der Waals surface area contributed by atoms with Crippen LogP contribution in [0.25, 0.3) is 10.9 Å². The van der Waals surface area contributed by atoms with E-state index in [9.17, 15) is 9.59 Å². The summed E-state index contributed by atoms with van der Waals surface area (Å²) < 4.78 is 0.879. The molecule has 0 saturated carbocycles. The van der Waals surface area contributed by atoms with Gasteiger partial charge in [-0.05, 0) is 37.6 Å². The second kappa shape index (κ2) is 8.14. The van der Waals surface area contributed by atoms with E-state index < -0.39 is 11.9 Å². The fourth-order valence-electron chi connectivity index (χ4n) is 2.82. The zero-order chi connectivity index (χ0) is 15.9. The predicted octanol–water partition coefficient (Wildman–Crippen LogP) is 3.70. The van der Waals surface area contributed by atoms with Gasteiger partial charge in [0.05, 0.1) is 17.0 Å². The Labute approximate surface area is 160 Å². The summed E-state index contributed by atoms with van der Waals surface area (Å²) in [6.45, 7) is 2.60. The number of nitrogens with zero attached hydrogens (tertiary/aromatic N) is 2. The summed E-state index contributed by atoms with van der Waals surface area (Å²) in [6, 6.07) is 7.40. The maximum Gasteiger partial charge on any atom is 0.308 e. The number of rotatable bonds is 2. The quantitative estimate of drug-likeness (QED) is 0.780. The van der Waals surface area contributed by atoms with E-state index in [4.69, 9.17) is 5.11 Å². The van der Waals surface area contributed by atoms with Crippen molar-refractivity contribution >= 4 is 63.5 Å². The van der Waals surface area contributed by atoms with E-state index in [0.717, 1.165) is 21.1 Å². The van der Waals surface area contributed by atoms with Crippen molar-refractivity contribution in [3.63, 3.8) is 0 Å². The standard InChI is InChI=1S/C16H15BrN2O3.2ClH/c1-9-6-13(12-7-11(17)2-3-14(12)18-9)15(20)19-5-4-10(8-19)16(21)22;;/h2-3,6-7,10H,4-5,8H2,1H3,(H,21,22);2*1H. The van der Waals surface area contributed by atoms with Gasteiger partial charge in [0.15, 0.2) is 0 Å². The Morgan fingerprint density at radius 1 is 1.29 bits per heavy atom. The molecule has 8 heteroatoms. The van der Waals surface area contributed by atoms with Gasteiger partial charge in [-0.15, -0.1) is 24.8 Å². The highest BCUT2D eigenvalue weighted by molar-refractivity contribution is 9.10. The molecule has 2 aromatic rings. The van der Waals surface area contributed by atoms with Gasteiger partial charge < -0.3 is 10.0 Å². The minimum atomic E-state index is -0.839. The van der Waals surface area contributed by atoms with Crippen LogP contribution in [-0.4, -0.2) is 40.0 Å². The number of fused-ring (bicyclic) bond motifs is 1. The Hall–Kier alpha value is -1.37. The van der Waals surface area contributed by atoms with Crippen molar-refractivity contribution in [2.75, 3.05) is 13.1 Å². The van der Waals surface area contributed by atoms with Crippen LogP contribution in [0.4, 0.5) is 0 Å². The number of aromatic nitrogens is 1. The van der Waals surface area contributed by atoms with Crippen molar-refractivity contribution in [2.24, 2.45) is 5.92 Å². The summed E-state index contributed by atoms with van der Waals surface area (Å²) in [5.74, 6) is -1.43. The molecule has 1 saturated heterocycles. The third kappa shape index (κ3) is 3.99. The van der Waals surface area contributed by atoms with Crippen LogP contribution in [0.5, 0.6) is 0 Å². The smallest absolute Gasteiger partial charge is 0.308 e. The Balaban J connectivity index is 0.00000144. The van der Waals surface area contributed by atoms with E-state index in [-0.39, 0.29) is 37.3 Å². The number of hydrogen-bond donors (Lipinski definition) is 1. The van der Waals surface area contributed by atoms with Gasteiger partial charge in [0.1, 0.15) is 0 Å². The van der Waals surface area contributed by atoms with E-state index in [1.165, 1.54) is 0 Å². The summed E-state index contributed by atoms with van der Waals surface area (Å²) in [5.41, 5.74) is 2.11. The van der Waals surface area contributed by atoms with Crippen molar-refractivity contribution in [2.45, 2.75) is 13.3 Å². The molecule has 1 aliphatic heterocycles. The summed E-state index contributed by atoms with van der Waals surface area (Å²) >= 11 is 3.42. The fraction of sp³-hybridized carbons (Fsp3) is 0.312. The van der Waals surface area contributed by atoms with Gasteiger partial charge in [-0.2, -0.15) is 0 Å². The van der Waals surface area contributed by atoms with Gasteiger partial charge in [0, 0.05) is 28.6 Å². The first-order valence-electron chi connectivity index (χ1n) is 7.04. The van der Waals surface area contributed by atoms with Crippen molar-refractivity contribution in [3.8, 4) is 0 Å². The lowest BCUT2D eigenvalue weighted by Crippen LogP contribution is -2.30. The lowest BCUT2D eigenvalue weighted by molar-refractivity contribution is -0.141. The normalized spacial score (nSPS) is 16.4. The number of pyridine rings is 1. The lowest BCUT2D eigenvalue weighted by Gasteiger charge is -2.17. The molecule has 24 heavy (non-hydrogen) atoms. The second-order valence-corrected chi connectivity index (χ2v) is 6.46. The Morgan fingerprint density at radius 2 is 2.00 bits per heavy atom. The molecule has 0 spiro atoms. The molecule has 1 atom stereocenters. The number of carbonyl (C=O) groups excluding carboxylic acids is 1. The van der Waals surface area contributed by atoms with Crippen LogP contribution >= 0.6 is 40.7 Å². The van der Waals surface area contributed by atoms with Gasteiger partial charge >= 0.3 is 5.97 Å². The Morgan fingerprint density at radius 3 is 2.62 bits per heavy atom. The minimum Gasteiger partial charge on any atom is -0.481 e. The van der Waals surface area contributed by atoms with Gasteiger partial charge in [-0.1, -0.05) is 15.9 Å². The molecule has 1 aliphatic rings. The number of likely N-dealkylation sites (tertiary alicyclic amines) is 1. The number of carboxylic acids is 1. The Bertz CT molecular complexity index is 785. The van der Waals surface area contributed by atoms with E-state index in [1.54, 1.807) is 11.0 Å². The van der Waals surface area contributed by atoms with Crippen LogP contribution in [0, 0.1) is 12.8 Å². The molecule has 1 unspecified atom stereocenters. The largest absolute Gasteiger partial charge is 0.481 e. The number of aryl methyl sites for hydroxylation is 1. The molecule has 0 bridgehead atoms. The van der Waals surface area contributed by atoms with Crippen LogP contribution < -0.4 is 0 Å². The molecule has 5 nitrogen and oxygen atoms in total. The molecule has 2 heterocycles. The predicted molar refractivity (Wildman–Crippen MR) is 100 cm³/mol. The van der Waals surface area contributed by atoms with Crippen molar-refractivity contribution in [1.29, 1.82) is 0 Å². The number of amides is 1. The highest BCUT2D eigenvalue weighted by Gasteiger charge is 2.32. The van der Waals surface area contributed by atoms with Gasteiger partial charge in [0.2, 0.25) is 0 Å². The SMILES string of the molecule is Cc1cc(C(=O)N2CCC(C(=O)O)C2)c2cc(Br)ccc2n1.Cl.Cl. The second-order valence-electron chi connectivity index (χ2n) is 5.55. The maximum atomic E-state index is 12.8. The summed E-state index contributed by atoms with van der Waals surface area (Å²) in [7, 11) is 0. The van der Waals surface area contributed by atoms with E-state index in [0.29, 0.717) is 18.5 Å². The van der Waals surface area contributed by atoms with Crippen LogP contribution in [0.2, 0.25) is 0 Å². The number of benzene rings is 1. The first-order chi connectivity index (χ1) is 10.5. The van der Waals surface area contributed by atoms with Crippen LogP contribution in [0.15, 0.2) is 28.7 Å². The molecule has 0 radical (unpaired) electrons. The molecule has 130 valence electrons. The first kappa shape index (κ1) is 20.7. The van der Waals surface area contributed by atoms with E-state index in [2.05, 4.69) is 20.9 Å². The average molecular weight is 436 g/mol. The van der Waals surface area contributed by atoms with Gasteiger partial charge in [-0.3, -0.25) is 14.6 Å². The number of aliphatic carboxylic acids is 1. The highest BCUT2D eigenvalue weighted by Crippen LogP contribution is 2.26. The van der Waals surface area contributed by atoms with Crippen LogP contribution in [0.3, 0.4) is 0 Å². The highest BCUT2D eigenvalue weighted by atomic mass is 79.9. The minimum absolute atomic E-state index is 0. The molecule has 1 aromatic heterocycles. The van der Waals surface area contributed by atoms with Crippen LogP contribution in [0.1, 0.15) is 22.5 Å². The van der Waals surface area contributed by atoms with Gasteiger partial charge in [0.25, 0.3) is 5.91 Å². The first-order valence-corrected chi connectivity index (χ1v) is 7.84. The number of halogens is 3. The zero-order valence-electron chi connectivity index (χ0n) is 12.9. The van der Waals surface area contributed by atoms with Gasteiger partial charge in [-0.25, -0.2) is 0 Å². The number of carboxylic acid groups (broad SMARTS) is 1. The van der Waals surface area contributed by atoms with E-state index >= 15 is 0 Å². The molecular formula is C16H17BrCl2N2O3. The monoisotopic (exact) mass is 434 g/mol. The molecule has 1 amide bonds. The fourth-order valence-corrected chi connectivity index (χ4v) is 3.19. The molecule has 1 aromatic carbocycles. The molecule has 1 N–H and O–H groups in total. The zero-order valence-corrected chi connectivity index (χ0v) is 16.1.